The first-order valence-corrected chi connectivity index (χ1v) is 9.22. The zero-order valence-corrected chi connectivity index (χ0v) is 16.6. The summed E-state index contributed by atoms with van der Waals surface area (Å²) in [5.41, 5.74) is 1.92. The third-order valence-corrected chi connectivity index (χ3v) is 5.53. The van der Waals surface area contributed by atoms with E-state index >= 15 is 0 Å². The lowest BCUT2D eigenvalue weighted by Gasteiger charge is -2.14. The summed E-state index contributed by atoms with van der Waals surface area (Å²) in [6.07, 6.45) is -0.629. The second-order valence-electron chi connectivity index (χ2n) is 5.79. The van der Waals surface area contributed by atoms with Gasteiger partial charge in [0.15, 0.2) is 0 Å². The number of nitrogens with zero attached hydrogens (tertiary/aromatic N) is 2. The van der Waals surface area contributed by atoms with Crippen LogP contribution in [0.15, 0.2) is 45.3 Å². The number of aryl methyl sites for hydroxylation is 1. The number of hydrogen-bond donors (Lipinski definition) is 1. The van der Waals surface area contributed by atoms with Crippen molar-refractivity contribution in [2.75, 3.05) is 6.61 Å². The molecular formula is C18H18Br2N2O2. The minimum atomic E-state index is -0.629. The molecule has 0 saturated heterocycles. The lowest BCUT2D eigenvalue weighted by Crippen LogP contribution is -2.24. The Morgan fingerprint density at radius 3 is 2.54 bits per heavy atom. The number of aliphatic hydroxyl groups is 1. The van der Waals surface area contributed by atoms with E-state index in [1.165, 1.54) is 0 Å². The normalized spacial score (nSPS) is 12.5. The number of halogens is 2. The summed E-state index contributed by atoms with van der Waals surface area (Å²) in [5.74, 6) is 0.749. The molecule has 0 amide bonds. The van der Waals surface area contributed by atoms with Crippen LogP contribution in [0.2, 0.25) is 0 Å². The molecule has 0 aliphatic heterocycles. The van der Waals surface area contributed by atoms with Crippen LogP contribution in [0, 0.1) is 13.8 Å². The molecule has 3 rings (SSSR count). The van der Waals surface area contributed by atoms with E-state index in [0.717, 1.165) is 36.9 Å². The third kappa shape index (κ3) is 3.82. The summed E-state index contributed by atoms with van der Waals surface area (Å²) in [6.45, 7) is 4.53. The minimum absolute atomic E-state index is 0.220. The van der Waals surface area contributed by atoms with Gasteiger partial charge < -0.3 is 9.84 Å². The van der Waals surface area contributed by atoms with Crippen LogP contribution < -0.4 is 4.74 Å². The topological polar surface area (TPSA) is 47.3 Å². The van der Waals surface area contributed by atoms with Crippen molar-refractivity contribution in [3.8, 4) is 5.75 Å². The zero-order chi connectivity index (χ0) is 17.3. The molecule has 1 aromatic heterocycles. The number of aliphatic hydroxyl groups excluding tert-OH is 1. The van der Waals surface area contributed by atoms with Crippen molar-refractivity contribution < 1.29 is 9.84 Å². The fourth-order valence-electron chi connectivity index (χ4n) is 2.58. The number of aromatic nitrogens is 2. The Morgan fingerprint density at radius 2 is 1.83 bits per heavy atom. The first kappa shape index (κ1) is 17.5. The maximum atomic E-state index is 10.2. The van der Waals surface area contributed by atoms with Crippen LogP contribution in [0.1, 0.15) is 11.4 Å². The standard InChI is InChI=1S/C18H18Br2N2O2/c1-11-18(20)12(2)22(21-11)9-16(23)10-24-17-6-4-13-7-15(19)5-3-14(13)8-17/h3-8,16,23H,9-10H2,1-2H3. The molecule has 0 aliphatic rings. The van der Waals surface area contributed by atoms with Gasteiger partial charge in [-0.15, -0.1) is 0 Å². The number of benzene rings is 2. The smallest absolute Gasteiger partial charge is 0.120 e. The number of ether oxygens (including phenoxy) is 1. The molecule has 126 valence electrons. The molecule has 0 saturated carbocycles. The summed E-state index contributed by atoms with van der Waals surface area (Å²) in [5, 5.41) is 16.9. The molecule has 0 fully saturated rings. The first-order chi connectivity index (χ1) is 11.4. The fourth-order valence-corrected chi connectivity index (χ4v) is 3.24. The van der Waals surface area contributed by atoms with E-state index in [9.17, 15) is 5.11 Å². The van der Waals surface area contributed by atoms with Crippen LogP contribution in [0.3, 0.4) is 0 Å². The molecule has 0 radical (unpaired) electrons. The Balaban J connectivity index is 1.64. The van der Waals surface area contributed by atoms with Gasteiger partial charge in [-0.3, -0.25) is 4.68 Å². The predicted octanol–water partition coefficient (Wildman–Crippen LogP) is 4.62. The molecule has 4 nitrogen and oxygen atoms in total. The van der Waals surface area contributed by atoms with Crippen LogP contribution >= 0.6 is 31.9 Å². The van der Waals surface area contributed by atoms with E-state index in [-0.39, 0.29) is 6.61 Å². The molecule has 1 N–H and O–H groups in total. The molecule has 24 heavy (non-hydrogen) atoms. The molecule has 1 atom stereocenters. The van der Waals surface area contributed by atoms with Gasteiger partial charge in [0.25, 0.3) is 0 Å². The second-order valence-corrected chi connectivity index (χ2v) is 7.49. The highest BCUT2D eigenvalue weighted by atomic mass is 79.9. The van der Waals surface area contributed by atoms with Gasteiger partial charge in [-0.1, -0.05) is 28.1 Å². The van der Waals surface area contributed by atoms with Crippen molar-refractivity contribution >= 4 is 42.6 Å². The molecular weight excluding hydrogens is 436 g/mol. The summed E-state index contributed by atoms with van der Waals surface area (Å²) in [7, 11) is 0. The van der Waals surface area contributed by atoms with E-state index in [4.69, 9.17) is 4.74 Å². The van der Waals surface area contributed by atoms with E-state index in [0.29, 0.717) is 6.54 Å². The number of hydrogen-bond acceptors (Lipinski definition) is 3. The molecule has 1 unspecified atom stereocenters. The number of fused-ring (bicyclic) bond motifs is 1. The monoisotopic (exact) mass is 452 g/mol. The number of rotatable bonds is 5. The summed E-state index contributed by atoms with van der Waals surface area (Å²) < 4.78 is 9.57. The van der Waals surface area contributed by atoms with E-state index in [1.807, 2.05) is 44.2 Å². The molecule has 2 aromatic carbocycles. The second kappa shape index (κ2) is 7.25. The van der Waals surface area contributed by atoms with E-state index < -0.39 is 6.10 Å². The molecule has 0 aliphatic carbocycles. The average Bonchev–Trinajstić information content (AvgIpc) is 2.80. The highest BCUT2D eigenvalue weighted by Gasteiger charge is 2.13. The van der Waals surface area contributed by atoms with Gasteiger partial charge in [-0.05, 0) is 64.8 Å². The van der Waals surface area contributed by atoms with E-state index in [2.05, 4.69) is 43.0 Å². The van der Waals surface area contributed by atoms with Gasteiger partial charge in [0.05, 0.1) is 16.7 Å². The van der Waals surface area contributed by atoms with Crippen LogP contribution in [0.4, 0.5) is 0 Å². The Kier molecular flexibility index (Phi) is 5.27. The molecule has 0 bridgehead atoms. The van der Waals surface area contributed by atoms with Crippen molar-refractivity contribution in [2.24, 2.45) is 0 Å². The Hall–Kier alpha value is -1.37. The third-order valence-electron chi connectivity index (χ3n) is 3.89. The highest BCUT2D eigenvalue weighted by molar-refractivity contribution is 9.10. The van der Waals surface area contributed by atoms with Crippen molar-refractivity contribution in [1.82, 2.24) is 9.78 Å². The van der Waals surface area contributed by atoms with Crippen molar-refractivity contribution in [2.45, 2.75) is 26.5 Å². The predicted molar refractivity (Wildman–Crippen MR) is 103 cm³/mol. The van der Waals surface area contributed by atoms with Gasteiger partial charge in [0.1, 0.15) is 18.5 Å². The lowest BCUT2D eigenvalue weighted by molar-refractivity contribution is 0.0887. The maximum Gasteiger partial charge on any atom is 0.120 e. The highest BCUT2D eigenvalue weighted by Crippen LogP contribution is 2.24. The van der Waals surface area contributed by atoms with Crippen molar-refractivity contribution in [3.05, 3.63) is 56.7 Å². The molecule has 1 heterocycles. The lowest BCUT2D eigenvalue weighted by atomic mass is 10.1. The van der Waals surface area contributed by atoms with Crippen molar-refractivity contribution in [3.63, 3.8) is 0 Å². The maximum absolute atomic E-state index is 10.2. The summed E-state index contributed by atoms with van der Waals surface area (Å²) >= 11 is 6.96. The molecule has 6 heteroatoms. The fraction of sp³-hybridized carbons (Fsp3) is 0.278. The minimum Gasteiger partial charge on any atom is -0.491 e. The van der Waals surface area contributed by atoms with Gasteiger partial charge in [-0.2, -0.15) is 5.10 Å². The van der Waals surface area contributed by atoms with Gasteiger partial charge in [0, 0.05) is 10.2 Å². The summed E-state index contributed by atoms with van der Waals surface area (Å²) in [6, 6.07) is 12.0. The largest absolute Gasteiger partial charge is 0.491 e. The quantitative estimate of drug-likeness (QED) is 0.613. The Labute approximate surface area is 157 Å². The van der Waals surface area contributed by atoms with Crippen LogP contribution in [-0.2, 0) is 6.54 Å². The average molecular weight is 454 g/mol. The zero-order valence-electron chi connectivity index (χ0n) is 13.5. The van der Waals surface area contributed by atoms with Crippen LogP contribution in [-0.4, -0.2) is 27.6 Å². The molecule has 3 aromatic rings. The Morgan fingerprint density at radius 1 is 1.12 bits per heavy atom. The van der Waals surface area contributed by atoms with Gasteiger partial charge in [0.2, 0.25) is 0 Å². The Bertz CT molecular complexity index is 877. The van der Waals surface area contributed by atoms with Crippen LogP contribution in [0.5, 0.6) is 5.75 Å². The SMILES string of the molecule is Cc1nn(CC(O)COc2ccc3cc(Br)ccc3c2)c(C)c1Br. The molecule has 0 spiro atoms. The van der Waals surface area contributed by atoms with Gasteiger partial charge in [-0.25, -0.2) is 0 Å². The van der Waals surface area contributed by atoms with Gasteiger partial charge >= 0.3 is 0 Å². The van der Waals surface area contributed by atoms with E-state index in [1.54, 1.807) is 4.68 Å². The van der Waals surface area contributed by atoms with Crippen molar-refractivity contribution in [1.29, 1.82) is 0 Å². The summed E-state index contributed by atoms with van der Waals surface area (Å²) in [4.78, 5) is 0. The van der Waals surface area contributed by atoms with Crippen LogP contribution in [0.25, 0.3) is 10.8 Å². The first-order valence-electron chi connectivity index (χ1n) is 7.63.